The summed E-state index contributed by atoms with van der Waals surface area (Å²) < 4.78 is 9.98. The molecule has 1 aromatic rings. The van der Waals surface area contributed by atoms with E-state index in [4.69, 9.17) is 10.5 Å². The lowest BCUT2D eigenvalue weighted by Crippen LogP contribution is -2.53. The first-order valence-corrected chi connectivity index (χ1v) is 12.7. The zero-order valence-electron chi connectivity index (χ0n) is 21.0. The number of likely N-dealkylation sites (tertiary alicyclic amines) is 2. The second kappa shape index (κ2) is 13.8. The van der Waals surface area contributed by atoms with E-state index in [0.717, 1.165) is 37.7 Å². The Kier molecular flexibility index (Phi) is 10.5. The van der Waals surface area contributed by atoms with Crippen molar-refractivity contribution in [3.8, 4) is 0 Å². The molecule has 10 nitrogen and oxygen atoms in total. The van der Waals surface area contributed by atoms with E-state index in [1.54, 1.807) is 9.80 Å². The molecule has 3 rings (SSSR count). The SMILES string of the molecule is COC(=O)CC(N)C(=O)NC1CCCN(C(=O)CCC2CCN(C(=O)OCc3ccccc3)CC2)C1. The van der Waals surface area contributed by atoms with E-state index in [1.807, 2.05) is 30.3 Å². The Morgan fingerprint density at radius 2 is 1.78 bits per heavy atom. The minimum absolute atomic E-state index is 0.0810. The maximum absolute atomic E-state index is 12.8. The van der Waals surface area contributed by atoms with Crippen LogP contribution in [0.2, 0.25) is 0 Å². The lowest BCUT2D eigenvalue weighted by atomic mass is 9.92. The van der Waals surface area contributed by atoms with Gasteiger partial charge in [-0.05, 0) is 43.6 Å². The van der Waals surface area contributed by atoms with E-state index < -0.39 is 17.9 Å². The van der Waals surface area contributed by atoms with Crippen molar-refractivity contribution >= 4 is 23.9 Å². The third kappa shape index (κ3) is 8.51. The van der Waals surface area contributed by atoms with Gasteiger partial charge in [0, 0.05) is 38.6 Å². The summed E-state index contributed by atoms with van der Waals surface area (Å²) in [4.78, 5) is 52.3. The van der Waals surface area contributed by atoms with E-state index in [1.165, 1.54) is 7.11 Å². The van der Waals surface area contributed by atoms with Gasteiger partial charge in [0.15, 0.2) is 0 Å². The Labute approximate surface area is 212 Å². The summed E-state index contributed by atoms with van der Waals surface area (Å²) >= 11 is 0. The number of methoxy groups -OCH3 is 1. The second-order valence-electron chi connectivity index (χ2n) is 9.58. The summed E-state index contributed by atoms with van der Waals surface area (Å²) in [5.74, 6) is -0.469. The van der Waals surface area contributed by atoms with Gasteiger partial charge in [-0.2, -0.15) is 0 Å². The van der Waals surface area contributed by atoms with Crippen molar-refractivity contribution in [3.05, 3.63) is 35.9 Å². The zero-order valence-corrected chi connectivity index (χ0v) is 21.0. The fourth-order valence-electron chi connectivity index (χ4n) is 4.69. The molecule has 198 valence electrons. The summed E-state index contributed by atoms with van der Waals surface area (Å²) in [6.45, 7) is 2.65. The molecule has 0 bridgehead atoms. The smallest absolute Gasteiger partial charge is 0.410 e. The van der Waals surface area contributed by atoms with Gasteiger partial charge < -0.3 is 30.3 Å². The number of benzene rings is 1. The Hall–Kier alpha value is -3.14. The first kappa shape index (κ1) is 27.4. The minimum atomic E-state index is -0.968. The van der Waals surface area contributed by atoms with Crippen molar-refractivity contribution in [2.45, 2.75) is 63.6 Å². The number of carbonyl (C=O) groups is 4. The molecule has 1 aromatic carbocycles. The van der Waals surface area contributed by atoms with Crippen LogP contribution in [0.25, 0.3) is 0 Å². The Morgan fingerprint density at radius 1 is 1.06 bits per heavy atom. The second-order valence-corrected chi connectivity index (χ2v) is 9.58. The fourth-order valence-corrected chi connectivity index (χ4v) is 4.69. The van der Waals surface area contributed by atoms with Crippen molar-refractivity contribution in [1.29, 1.82) is 0 Å². The molecule has 3 amide bonds. The number of nitrogens with two attached hydrogens (primary N) is 1. The number of hydrogen-bond acceptors (Lipinski definition) is 7. The first-order chi connectivity index (χ1) is 17.4. The summed E-state index contributed by atoms with van der Waals surface area (Å²) in [5.41, 5.74) is 6.74. The van der Waals surface area contributed by atoms with Crippen LogP contribution in [-0.2, 0) is 30.5 Å². The Bertz CT molecular complexity index is 888. The molecule has 10 heteroatoms. The van der Waals surface area contributed by atoms with Gasteiger partial charge in [0.25, 0.3) is 0 Å². The van der Waals surface area contributed by atoms with Crippen LogP contribution >= 0.6 is 0 Å². The fraction of sp³-hybridized carbons (Fsp3) is 0.615. The van der Waals surface area contributed by atoms with Gasteiger partial charge in [-0.25, -0.2) is 4.79 Å². The molecular formula is C26H38N4O6. The average molecular weight is 503 g/mol. The molecule has 2 fully saturated rings. The van der Waals surface area contributed by atoms with Crippen LogP contribution in [-0.4, -0.2) is 79.0 Å². The van der Waals surface area contributed by atoms with Crippen LogP contribution in [0.15, 0.2) is 30.3 Å². The zero-order chi connectivity index (χ0) is 25.9. The summed E-state index contributed by atoms with van der Waals surface area (Å²) in [5, 5.41) is 2.86. The lowest BCUT2D eigenvalue weighted by Gasteiger charge is -2.34. The van der Waals surface area contributed by atoms with Crippen LogP contribution in [0.4, 0.5) is 4.79 Å². The molecule has 2 aliphatic rings. The van der Waals surface area contributed by atoms with Crippen LogP contribution in [0, 0.1) is 5.92 Å². The normalized spacial score (nSPS) is 19.3. The van der Waals surface area contributed by atoms with Crippen molar-refractivity contribution in [2.75, 3.05) is 33.3 Å². The number of nitrogens with one attached hydrogen (secondary N) is 1. The highest BCUT2D eigenvalue weighted by molar-refractivity contribution is 5.86. The number of esters is 1. The summed E-state index contributed by atoms with van der Waals surface area (Å²) in [6, 6.07) is 8.46. The number of piperidine rings is 2. The molecule has 0 radical (unpaired) electrons. The van der Waals surface area contributed by atoms with Crippen molar-refractivity contribution in [1.82, 2.24) is 15.1 Å². The van der Waals surface area contributed by atoms with Gasteiger partial charge in [0.2, 0.25) is 11.8 Å². The molecule has 0 spiro atoms. The van der Waals surface area contributed by atoms with Crippen molar-refractivity contribution in [2.24, 2.45) is 11.7 Å². The molecule has 3 N–H and O–H groups in total. The largest absolute Gasteiger partial charge is 0.469 e. The molecule has 2 atom stereocenters. The monoisotopic (exact) mass is 502 g/mol. The van der Waals surface area contributed by atoms with Crippen LogP contribution in [0.5, 0.6) is 0 Å². The maximum Gasteiger partial charge on any atom is 0.410 e. The molecule has 0 aromatic heterocycles. The highest BCUT2D eigenvalue weighted by atomic mass is 16.6. The molecule has 2 unspecified atom stereocenters. The molecular weight excluding hydrogens is 464 g/mol. The summed E-state index contributed by atoms with van der Waals surface area (Å²) in [6.07, 6.45) is 4.03. The van der Waals surface area contributed by atoms with E-state index in [0.29, 0.717) is 38.5 Å². The molecule has 2 aliphatic heterocycles. The van der Waals surface area contributed by atoms with Crippen molar-refractivity contribution < 1.29 is 28.7 Å². The van der Waals surface area contributed by atoms with Gasteiger partial charge in [-0.1, -0.05) is 30.3 Å². The number of rotatable bonds is 9. The quantitative estimate of drug-likeness (QED) is 0.492. The Morgan fingerprint density at radius 3 is 2.47 bits per heavy atom. The van der Waals surface area contributed by atoms with E-state index in [2.05, 4.69) is 10.1 Å². The topological polar surface area (TPSA) is 131 Å². The highest BCUT2D eigenvalue weighted by Gasteiger charge is 2.28. The van der Waals surface area contributed by atoms with E-state index in [9.17, 15) is 19.2 Å². The number of amides is 3. The highest BCUT2D eigenvalue weighted by Crippen LogP contribution is 2.23. The van der Waals surface area contributed by atoms with Crippen molar-refractivity contribution in [3.63, 3.8) is 0 Å². The Balaban J connectivity index is 1.34. The molecule has 0 aliphatic carbocycles. The average Bonchev–Trinajstić information content (AvgIpc) is 2.91. The molecule has 0 saturated carbocycles. The summed E-state index contributed by atoms with van der Waals surface area (Å²) in [7, 11) is 1.25. The first-order valence-electron chi connectivity index (χ1n) is 12.7. The van der Waals surface area contributed by atoms with Crippen LogP contribution < -0.4 is 11.1 Å². The van der Waals surface area contributed by atoms with Crippen LogP contribution in [0.3, 0.4) is 0 Å². The molecule has 2 heterocycles. The lowest BCUT2D eigenvalue weighted by molar-refractivity contribution is -0.142. The standard InChI is InChI=1S/C26H38N4O6/c1-35-24(32)16-22(27)25(33)28-21-8-5-13-30(17-21)23(31)10-9-19-11-14-29(15-12-19)26(34)36-18-20-6-3-2-4-7-20/h2-4,6-7,19,21-22H,5,8-18,27H2,1H3,(H,28,33). The number of ether oxygens (including phenoxy) is 2. The number of hydrogen-bond donors (Lipinski definition) is 2. The van der Waals surface area contributed by atoms with E-state index >= 15 is 0 Å². The minimum Gasteiger partial charge on any atom is -0.469 e. The van der Waals surface area contributed by atoms with Gasteiger partial charge >= 0.3 is 12.1 Å². The molecule has 2 saturated heterocycles. The molecule has 36 heavy (non-hydrogen) atoms. The predicted octanol–water partition coefficient (Wildman–Crippen LogP) is 1.81. The third-order valence-corrected chi connectivity index (χ3v) is 6.92. The van der Waals surface area contributed by atoms with Crippen LogP contribution in [0.1, 0.15) is 50.5 Å². The van der Waals surface area contributed by atoms with Gasteiger partial charge in [-0.15, -0.1) is 0 Å². The predicted molar refractivity (Wildman–Crippen MR) is 133 cm³/mol. The third-order valence-electron chi connectivity index (χ3n) is 6.92. The number of carbonyl (C=O) groups excluding carboxylic acids is 4. The van der Waals surface area contributed by atoms with E-state index in [-0.39, 0.29) is 31.1 Å². The maximum atomic E-state index is 12.8. The van der Waals surface area contributed by atoms with Gasteiger partial charge in [0.1, 0.15) is 6.61 Å². The number of nitrogens with zero attached hydrogens (tertiary/aromatic N) is 2. The van der Waals surface area contributed by atoms with Gasteiger partial charge in [0.05, 0.1) is 19.6 Å². The van der Waals surface area contributed by atoms with Gasteiger partial charge in [-0.3, -0.25) is 14.4 Å².